The zero-order chi connectivity index (χ0) is 17.9. The number of hydrogen-bond donors (Lipinski definition) is 3. The number of carbonyl (C=O) groups is 2. The highest BCUT2D eigenvalue weighted by Gasteiger charge is 2.31. The van der Waals surface area contributed by atoms with E-state index in [1.165, 1.54) is 35.9 Å². The number of thiazole rings is 1. The molecule has 0 saturated heterocycles. The molecular formula is C16H19N3O4S. The van der Waals surface area contributed by atoms with Gasteiger partial charge in [-0.25, -0.2) is 9.78 Å². The number of aliphatic carboxylic acids is 1. The van der Waals surface area contributed by atoms with Gasteiger partial charge in [0, 0.05) is 23.2 Å². The molecule has 0 aliphatic heterocycles. The normalized spacial score (nSPS) is 14.0. The molecule has 0 bridgehead atoms. The van der Waals surface area contributed by atoms with Gasteiger partial charge >= 0.3 is 5.97 Å². The minimum atomic E-state index is -1.49. The number of carboxylic acid groups (broad SMARTS) is 1. The van der Waals surface area contributed by atoms with Crippen LogP contribution in [-0.4, -0.2) is 38.1 Å². The Labute approximate surface area is 143 Å². The highest BCUT2D eigenvalue weighted by Crippen LogP contribution is 2.25. The molecule has 2 aromatic rings. The monoisotopic (exact) mass is 349 g/mol. The van der Waals surface area contributed by atoms with Crippen LogP contribution in [0.3, 0.4) is 0 Å². The predicted molar refractivity (Wildman–Crippen MR) is 88.9 cm³/mol. The fourth-order valence-corrected chi connectivity index (χ4v) is 2.85. The Bertz CT molecular complexity index is 724. The van der Waals surface area contributed by atoms with Crippen LogP contribution in [-0.2, 0) is 10.2 Å². The number of nitrogens with one attached hydrogen (secondary N) is 1. The highest BCUT2D eigenvalue weighted by atomic mass is 32.1. The van der Waals surface area contributed by atoms with E-state index in [2.05, 4.69) is 15.3 Å². The molecule has 0 saturated carbocycles. The number of aliphatic hydroxyl groups is 1. The summed E-state index contributed by atoms with van der Waals surface area (Å²) in [4.78, 5) is 31.8. The average Bonchev–Trinajstić information content (AvgIpc) is 3.02. The van der Waals surface area contributed by atoms with Crippen LogP contribution in [0.2, 0.25) is 0 Å². The summed E-state index contributed by atoms with van der Waals surface area (Å²) in [5.74, 6) is -1.97. The SMILES string of the molecule is CC(C)(C)c1nc(C(=O)NC(C(=O)O)C(O)c2ccncc2)cs1. The van der Waals surface area contributed by atoms with E-state index >= 15 is 0 Å². The van der Waals surface area contributed by atoms with Gasteiger partial charge in [0.15, 0.2) is 6.04 Å². The molecule has 0 aliphatic rings. The van der Waals surface area contributed by atoms with E-state index in [1.807, 2.05) is 20.8 Å². The summed E-state index contributed by atoms with van der Waals surface area (Å²) in [5, 5.41) is 24.2. The van der Waals surface area contributed by atoms with Gasteiger partial charge in [-0.2, -0.15) is 0 Å². The molecule has 1 amide bonds. The van der Waals surface area contributed by atoms with Crippen molar-refractivity contribution >= 4 is 23.2 Å². The molecule has 2 atom stereocenters. The number of pyridine rings is 1. The van der Waals surface area contributed by atoms with Crippen molar-refractivity contribution in [3.05, 3.63) is 46.2 Å². The van der Waals surface area contributed by atoms with Crippen LogP contribution in [0, 0.1) is 0 Å². The lowest BCUT2D eigenvalue weighted by atomic mass is 9.98. The summed E-state index contributed by atoms with van der Waals surface area (Å²) in [5.41, 5.74) is 0.288. The molecule has 128 valence electrons. The molecule has 24 heavy (non-hydrogen) atoms. The predicted octanol–water partition coefficient (Wildman–Crippen LogP) is 1.75. The number of rotatable bonds is 5. The van der Waals surface area contributed by atoms with Crippen molar-refractivity contribution < 1.29 is 19.8 Å². The summed E-state index contributed by atoms with van der Waals surface area (Å²) in [6.45, 7) is 5.92. The summed E-state index contributed by atoms with van der Waals surface area (Å²) in [6.07, 6.45) is 1.49. The average molecular weight is 349 g/mol. The van der Waals surface area contributed by atoms with Gasteiger partial charge in [0.25, 0.3) is 5.91 Å². The number of aromatic nitrogens is 2. The van der Waals surface area contributed by atoms with Gasteiger partial charge in [0.1, 0.15) is 11.8 Å². The maximum Gasteiger partial charge on any atom is 0.329 e. The van der Waals surface area contributed by atoms with Crippen LogP contribution in [0.4, 0.5) is 0 Å². The second-order valence-electron chi connectivity index (χ2n) is 6.30. The molecule has 3 N–H and O–H groups in total. The molecule has 2 unspecified atom stereocenters. The second-order valence-corrected chi connectivity index (χ2v) is 7.16. The van der Waals surface area contributed by atoms with Crippen molar-refractivity contribution in [2.45, 2.75) is 38.3 Å². The van der Waals surface area contributed by atoms with Gasteiger partial charge in [-0.3, -0.25) is 9.78 Å². The van der Waals surface area contributed by atoms with Crippen LogP contribution >= 0.6 is 11.3 Å². The van der Waals surface area contributed by atoms with Crippen LogP contribution in [0.5, 0.6) is 0 Å². The van der Waals surface area contributed by atoms with Crippen LogP contribution in [0.1, 0.15) is 47.9 Å². The number of hydrogen-bond acceptors (Lipinski definition) is 6. The molecule has 0 spiro atoms. The molecule has 2 aromatic heterocycles. The quantitative estimate of drug-likeness (QED) is 0.758. The smallest absolute Gasteiger partial charge is 0.329 e. The Morgan fingerprint density at radius 1 is 1.25 bits per heavy atom. The summed E-state index contributed by atoms with van der Waals surface area (Å²) in [7, 11) is 0. The zero-order valence-electron chi connectivity index (χ0n) is 13.6. The third-order valence-corrected chi connectivity index (χ3v) is 4.56. The first kappa shape index (κ1) is 18.0. The Balaban J connectivity index is 2.17. The molecular weight excluding hydrogens is 330 g/mol. The molecule has 2 rings (SSSR count). The first-order valence-corrected chi connectivity index (χ1v) is 8.16. The number of nitrogens with zero attached hydrogens (tertiary/aromatic N) is 2. The molecule has 0 aromatic carbocycles. The van der Waals surface area contributed by atoms with E-state index in [-0.39, 0.29) is 11.1 Å². The minimum Gasteiger partial charge on any atom is -0.480 e. The Morgan fingerprint density at radius 2 is 1.88 bits per heavy atom. The maximum atomic E-state index is 12.3. The van der Waals surface area contributed by atoms with E-state index in [9.17, 15) is 19.8 Å². The summed E-state index contributed by atoms with van der Waals surface area (Å²) >= 11 is 1.33. The minimum absolute atomic E-state index is 0.137. The van der Waals surface area contributed by atoms with Crippen molar-refractivity contribution in [3.63, 3.8) is 0 Å². The molecule has 2 heterocycles. The van der Waals surface area contributed by atoms with Gasteiger partial charge in [-0.15, -0.1) is 11.3 Å². The topological polar surface area (TPSA) is 112 Å². The standard InChI is InChI=1S/C16H19N3O4S/c1-16(2,3)15-18-10(8-24-15)13(21)19-11(14(22)23)12(20)9-4-6-17-7-5-9/h4-8,11-12,20H,1-3H3,(H,19,21)(H,22,23). The molecule has 8 heteroatoms. The third kappa shape index (κ3) is 4.15. The van der Waals surface area contributed by atoms with Gasteiger partial charge in [0.2, 0.25) is 0 Å². The van der Waals surface area contributed by atoms with Crippen molar-refractivity contribution in [1.29, 1.82) is 0 Å². The number of carbonyl (C=O) groups excluding carboxylic acids is 1. The fraction of sp³-hybridized carbons (Fsp3) is 0.375. The van der Waals surface area contributed by atoms with Gasteiger partial charge in [-0.05, 0) is 17.7 Å². The van der Waals surface area contributed by atoms with Gasteiger partial charge in [-0.1, -0.05) is 20.8 Å². The Kier molecular flexibility index (Phi) is 5.30. The molecule has 0 aliphatic carbocycles. The Morgan fingerprint density at radius 3 is 2.38 bits per heavy atom. The van der Waals surface area contributed by atoms with Crippen molar-refractivity contribution in [2.24, 2.45) is 0 Å². The van der Waals surface area contributed by atoms with Gasteiger partial charge in [0.05, 0.1) is 5.01 Å². The zero-order valence-corrected chi connectivity index (χ0v) is 14.4. The largest absolute Gasteiger partial charge is 0.480 e. The van der Waals surface area contributed by atoms with E-state index in [0.717, 1.165) is 5.01 Å². The lowest BCUT2D eigenvalue weighted by Gasteiger charge is -2.20. The van der Waals surface area contributed by atoms with Crippen molar-refractivity contribution in [2.75, 3.05) is 0 Å². The van der Waals surface area contributed by atoms with Gasteiger partial charge < -0.3 is 15.5 Å². The van der Waals surface area contributed by atoms with E-state index in [4.69, 9.17) is 0 Å². The second kappa shape index (κ2) is 7.06. The first-order valence-electron chi connectivity index (χ1n) is 7.28. The highest BCUT2D eigenvalue weighted by molar-refractivity contribution is 7.10. The fourth-order valence-electron chi connectivity index (χ4n) is 1.97. The van der Waals surface area contributed by atoms with Crippen molar-refractivity contribution in [3.8, 4) is 0 Å². The van der Waals surface area contributed by atoms with Crippen LogP contribution < -0.4 is 5.32 Å². The van der Waals surface area contributed by atoms with E-state index in [1.54, 1.807) is 5.38 Å². The number of carboxylic acids is 1. The van der Waals surface area contributed by atoms with E-state index in [0.29, 0.717) is 5.56 Å². The number of amides is 1. The lowest BCUT2D eigenvalue weighted by Crippen LogP contribution is -2.45. The maximum absolute atomic E-state index is 12.3. The first-order chi connectivity index (χ1) is 11.2. The third-order valence-electron chi connectivity index (χ3n) is 3.29. The molecule has 7 nitrogen and oxygen atoms in total. The van der Waals surface area contributed by atoms with Crippen LogP contribution in [0.15, 0.2) is 29.9 Å². The van der Waals surface area contributed by atoms with E-state index < -0.39 is 24.0 Å². The Hall–Kier alpha value is -2.32. The lowest BCUT2D eigenvalue weighted by molar-refractivity contribution is -0.142. The molecule has 0 fully saturated rings. The molecule has 0 radical (unpaired) electrons. The number of aliphatic hydroxyl groups excluding tert-OH is 1. The van der Waals surface area contributed by atoms with Crippen LogP contribution in [0.25, 0.3) is 0 Å². The van der Waals surface area contributed by atoms with Crippen molar-refractivity contribution in [1.82, 2.24) is 15.3 Å². The summed E-state index contributed by atoms with van der Waals surface area (Å²) in [6, 6.07) is 1.50. The summed E-state index contributed by atoms with van der Waals surface area (Å²) < 4.78 is 0.